The molecule has 1 aliphatic rings. The molecule has 2 heterocycles. The van der Waals surface area contributed by atoms with Crippen molar-refractivity contribution in [1.29, 1.82) is 0 Å². The van der Waals surface area contributed by atoms with Gasteiger partial charge in [0.1, 0.15) is 18.3 Å². The smallest absolute Gasteiger partial charge is 0.141 e. The Morgan fingerprint density at radius 2 is 2.33 bits per heavy atom. The molecule has 1 saturated heterocycles. The highest BCUT2D eigenvalue weighted by Gasteiger charge is 2.32. The number of aliphatic hydroxyl groups is 1. The molecule has 1 aliphatic heterocycles. The predicted octanol–water partition coefficient (Wildman–Crippen LogP) is 0.839. The Labute approximate surface area is 107 Å². The highest BCUT2D eigenvalue weighted by Crippen LogP contribution is 2.21. The van der Waals surface area contributed by atoms with Crippen molar-refractivity contribution in [3.05, 3.63) is 12.2 Å². The zero-order valence-corrected chi connectivity index (χ0v) is 11.0. The van der Waals surface area contributed by atoms with E-state index in [9.17, 15) is 9.50 Å². The summed E-state index contributed by atoms with van der Waals surface area (Å²) in [4.78, 5) is 6.18. The summed E-state index contributed by atoms with van der Waals surface area (Å²) in [7, 11) is 0. The Kier molecular flexibility index (Phi) is 4.29. The van der Waals surface area contributed by atoms with Crippen molar-refractivity contribution < 1.29 is 9.50 Å². The molecule has 1 fully saturated rings. The number of halogens is 1. The molecule has 1 N–H and O–H groups in total. The maximum Gasteiger partial charge on any atom is 0.141 e. The van der Waals surface area contributed by atoms with Crippen LogP contribution >= 0.6 is 0 Å². The predicted molar refractivity (Wildman–Crippen MR) is 65.7 cm³/mol. The molecule has 0 saturated carbocycles. The number of aromatic nitrogens is 3. The maximum absolute atomic E-state index is 13.4. The van der Waals surface area contributed by atoms with Gasteiger partial charge >= 0.3 is 0 Å². The lowest BCUT2D eigenvalue weighted by Crippen LogP contribution is -2.33. The Morgan fingerprint density at radius 1 is 1.56 bits per heavy atom. The van der Waals surface area contributed by atoms with Crippen LogP contribution < -0.4 is 0 Å². The fraction of sp³-hybridized carbons (Fsp3) is 0.833. The number of hydrogen-bond acceptors (Lipinski definition) is 4. The summed E-state index contributed by atoms with van der Waals surface area (Å²) in [5.74, 6) is 1.34. The van der Waals surface area contributed by atoms with Crippen molar-refractivity contribution in [3.63, 3.8) is 0 Å². The molecule has 6 heteroatoms. The highest BCUT2D eigenvalue weighted by atomic mass is 19.1. The van der Waals surface area contributed by atoms with Crippen molar-refractivity contribution in [1.82, 2.24) is 19.7 Å². The minimum atomic E-state index is -0.844. The molecule has 0 radical (unpaired) electrons. The van der Waals surface area contributed by atoms with Crippen LogP contribution in [0, 0.1) is 5.92 Å². The number of nitrogens with zero attached hydrogens (tertiary/aromatic N) is 4. The maximum atomic E-state index is 13.4. The highest BCUT2D eigenvalue weighted by molar-refractivity contribution is 4.91. The minimum absolute atomic E-state index is 0.00125. The second-order valence-corrected chi connectivity index (χ2v) is 5.35. The van der Waals surface area contributed by atoms with Crippen LogP contribution in [-0.4, -0.2) is 50.1 Å². The number of aliphatic hydroxyl groups excluding tert-OH is 1. The van der Waals surface area contributed by atoms with Crippen LogP contribution in [0.25, 0.3) is 0 Å². The lowest BCUT2D eigenvalue weighted by molar-refractivity contribution is 0.148. The van der Waals surface area contributed by atoms with E-state index in [0.717, 1.165) is 12.4 Å². The molecule has 0 aliphatic carbocycles. The second-order valence-electron chi connectivity index (χ2n) is 5.35. The molecular formula is C12H21FN4O. The third kappa shape index (κ3) is 3.05. The molecule has 2 rings (SSSR count). The first-order valence-corrected chi connectivity index (χ1v) is 6.45. The van der Waals surface area contributed by atoms with E-state index in [0.29, 0.717) is 25.4 Å². The van der Waals surface area contributed by atoms with Crippen LogP contribution in [0.3, 0.4) is 0 Å². The Balaban J connectivity index is 2.02. The van der Waals surface area contributed by atoms with E-state index in [1.165, 1.54) is 6.33 Å². The summed E-state index contributed by atoms with van der Waals surface area (Å²) >= 11 is 0. The van der Waals surface area contributed by atoms with E-state index in [-0.39, 0.29) is 12.6 Å². The SMILES string of the molecule is CC(C)Cn1ncnc1CN1C[C@@H](F)C[C@H]1CO. The summed E-state index contributed by atoms with van der Waals surface area (Å²) in [6.07, 6.45) is 1.10. The Bertz CT molecular complexity index is 382. The van der Waals surface area contributed by atoms with Gasteiger partial charge in [0, 0.05) is 19.1 Å². The van der Waals surface area contributed by atoms with E-state index in [4.69, 9.17) is 0 Å². The summed E-state index contributed by atoms with van der Waals surface area (Å²) in [6, 6.07) is -0.0933. The number of likely N-dealkylation sites (tertiary alicyclic amines) is 1. The molecule has 0 aromatic carbocycles. The molecule has 5 nitrogen and oxygen atoms in total. The molecule has 2 atom stereocenters. The largest absolute Gasteiger partial charge is 0.395 e. The topological polar surface area (TPSA) is 54.2 Å². The van der Waals surface area contributed by atoms with Crippen LogP contribution in [0.4, 0.5) is 4.39 Å². The zero-order valence-electron chi connectivity index (χ0n) is 11.0. The van der Waals surface area contributed by atoms with Gasteiger partial charge in [0.05, 0.1) is 13.2 Å². The van der Waals surface area contributed by atoms with Crippen LogP contribution in [0.5, 0.6) is 0 Å². The van der Waals surface area contributed by atoms with Crippen molar-refractivity contribution in [2.45, 2.75) is 45.6 Å². The van der Waals surface area contributed by atoms with Crippen molar-refractivity contribution in [2.75, 3.05) is 13.2 Å². The summed E-state index contributed by atoms with van der Waals surface area (Å²) < 4.78 is 15.2. The van der Waals surface area contributed by atoms with Crippen LogP contribution in [0.15, 0.2) is 6.33 Å². The van der Waals surface area contributed by atoms with Crippen LogP contribution in [0.2, 0.25) is 0 Å². The van der Waals surface area contributed by atoms with Crippen molar-refractivity contribution in [3.8, 4) is 0 Å². The fourth-order valence-electron chi connectivity index (χ4n) is 2.40. The summed E-state index contributed by atoms with van der Waals surface area (Å²) in [5.41, 5.74) is 0. The van der Waals surface area contributed by atoms with E-state index in [1.807, 2.05) is 9.58 Å². The zero-order chi connectivity index (χ0) is 13.1. The lowest BCUT2D eigenvalue weighted by Gasteiger charge is -2.21. The van der Waals surface area contributed by atoms with Gasteiger partial charge in [0.25, 0.3) is 0 Å². The monoisotopic (exact) mass is 256 g/mol. The molecule has 0 unspecified atom stereocenters. The summed E-state index contributed by atoms with van der Waals surface area (Å²) in [6.45, 7) is 5.98. The molecule has 0 amide bonds. The first-order valence-electron chi connectivity index (χ1n) is 6.45. The van der Waals surface area contributed by atoms with E-state index in [1.54, 1.807) is 0 Å². The van der Waals surface area contributed by atoms with E-state index >= 15 is 0 Å². The first kappa shape index (κ1) is 13.4. The fourth-order valence-corrected chi connectivity index (χ4v) is 2.40. The third-order valence-corrected chi connectivity index (χ3v) is 3.27. The lowest BCUT2D eigenvalue weighted by atomic mass is 10.2. The number of rotatable bonds is 5. The van der Waals surface area contributed by atoms with E-state index < -0.39 is 6.17 Å². The standard InChI is InChI=1S/C12H21FN4O/c1-9(2)4-17-12(14-8-15-17)6-16-5-10(13)3-11(16)7-18/h8-11,18H,3-7H2,1-2H3/t10-,11-/m0/s1. The Morgan fingerprint density at radius 3 is 3.00 bits per heavy atom. The molecule has 0 spiro atoms. The quantitative estimate of drug-likeness (QED) is 0.848. The van der Waals surface area contributed by atoms with Gasteiger partial charge in [-0.15, -0.1) is 0 Å². The van der Waals surface area contributed by atoms with Gasteiger partial charge in [-0.3, -0.25) is 4.90 Å². The number of hydrogen-bond donors (Lipinski definition) is 1. The molecular weight excluding hydrogens is 235 g/mol. The van der Waals surface area contributed by atoms with Crippen LogP contribution in [0.1, 0.15) is 26.1 Å². The van der Waals surface area contributed by atoms with Gasteiger partial charge in [-0.25, -0.2) is 14.1 Å². The second kappa shape index (κ2) is 5.75. The first-order chi connectivity index (χ1) is 8.60. The van der Waals surface area contributed by atoms with Gasteiger partial charge < -0.3 is 5.11 Å². The molecule has 102 valence electrons. The molecule has 18 heavy (non-hydrogen) atoms. The summed E-state index contributed by atoms with van der Waals surface area (Å²) in [5, 5.41) is 13.4. The average Bonchev–Trinajstić information content (AvgIpc) is 2.86. The molecule has 1 aromatic heterocycles. The van der Waals surface area contributed by atoms with Gasteiger partial charge in [-0.2, -0.15) is 5.10 Å². The molecule has 0 bridgehead atoms. The molecule has 1 aromatic rings. The van der Waals surface area contributed by atoms with Crippen LogP contribution in [-0.2, 0) is 13.1 Å². The average molecular weight is 256 g/mol. The minimum Gasteiger partial charge on any atom is -0.395 e. The van der Waals surface area contributed by atoms with Gasteiger partial charge in [-0.1, -0.05) is 13.8 Å². The number of alkyl halides is 1. The normalized spacial score (nSPS) is 25.2. The Hall–Kier alpha value is -1.01. The third-order valence-electron chi connectivity index (χ3n) is 3.27. The van der Waals surface area contributed by atoms with Gasteiger partial charge in [0.2, 0.25) is 0 Å². The van der Waals surface area contributed by atoms with Crippen molar-refractivity contribution >= 4 is 0 Å². The van der Waals surface area contributed by atoms with Gasteiger partial charge in [-0.05, 0) is 12.3 Å². The van der Waals surface area contributed by atoms with Gasteiger partial charge in [0.15, 0.2) is 0 Å². The van der Waals surface area contributed by atoms with Crippen molar-refractivity contribution in [2.24, 2.45) is 5.92 Å². The van der Waals surface area contributed by atoms with E-state index in [2.05, 4.69) is 23.9 Å².